The molecule has 0 saturated heterocycles. The van der Waals surface area contributed by atoms with Crippen molar-refractivity contribution in [1.29, 1.82) is 0 Å². The Bertz CT molecular complexity index is 743. The number of hydrogen-bond acceptors (Lipinski definition) is 3. The Morgan fingerprint density at radius 1 is 1.33 bits per heavy atom. The van der Waals surface area contributed by atoms with Gasteiger partial charge in [0.15, 0.2) is 0 Å². The molecule has 0 saturated carbocycles. The Balaban J connectivity index is 2.28. The Morgan fingerprint density at radius 3 is 2.62 bits per heavy atom. The molecule has 0 spiro atoms. The normalized spacial score (nSPS) is 12.0. The lowest BCUT2D eigenvalue weighted by atomic mass is 10.2. The molecule has 0 bridgehead atoms. The van der Waals surface area contributed by atoms with Crippen LogP contribution < -0.4 is 0 Å². The first-order chi connectivity index (χ1) is 9.84. The Kier molecular flexibility index (Phi) is 5.03. The van der Waals surface area contributed by atoms with E-state index in [1.165, 1.54) is 34.8 Å². The lowest BCUT2D eigenvalue weighted by molar-refractivity contribution is 0.465. The van der Waals surface area contributed by atoms with Crippen LogP contribution in [-0.4, -0.2) is 19.8 Å². The molecule has 114 valence electrons. The number of aryl methyl sites for hydroxylation is 1. The lowest BCUT2D eigenvalue weighted by Gasteiger charge is -2.17. The fraction of sp³-hybridized carbons (Fsp3) is 0.286. The summed E-state index contributed by atoms with van der Waals surface area (Å²) in [5.74, 6) is -0.0938. The van der Waals surface area contributed by atoms with Crippen LogP contribution in [0.4, 0.5) is 4.39 Å². The molecule has 2 rings (SSSR count). The first-order valence-electron chi connectivity index (χ1n) is 6.20. The number of thiophene rings is 1. The predicted octanol–water partition coefficient (Wildman–Crippen LogP) is 3.76. The van der Waals surface area contributed by atoms with Crippen LogP contribution in [0.3, 0.4) is 0 Å². The van der Waals surface area contributed by atoms with E-state index in [9.17, 15) is 12.8 Å². The summed E-state index contributed by atoms with van der Waals surface area (Å²) in [6, 6.07) is 7.52. The number of nitrogens with zero attached hydrogens (tertiary/aromatic N) is 1. The molecule has 0 N–H and O–H groups in total. The van der Waals surface area contributed by atoms with Crippen molar-refractivity contribution >= 4 is 33.0 Å². The first kappa shape index (κ1) is 16.4. The second-order valence-electron chi connectivity index (χ2n) is 4.66. The Labute approximate surface area is 133 Å². The van der Waals surface area contributed by atoms with Crippen molar-refractivity contribution < 1.29 is 12.8 Å². The zero-order valence-corrected chi connectivity index (χ0v) is 14.0. The van der Waals surface area contributed by atoms with Crippen molar-refractivity contribution in [2.45, 2.75) is 24.2 Å². The van der Waals surface area contributed by atoms with E-state index in [0.29, 0.717) is 10.4 Å². The Morgan fingerprint density at radius 2 is 2.05 bits per heavy atom. The average Bonchev–Trinajstić information content (AvgIpc) is 2.80. The topological polar surface area (TPSA) is 37.4 Å². The van der Waals surface area contributed by atoms with Gasteiger partial charge in [-0.2, -0.15) is 4.31 Å². The SMILES string of the molecule is Cc1sc(CCl)cc1S(=O)(=O)N(C)Cc1cccc(F)c1. The molecule has 1 heterocycles. The molecular weight excluding hydrogens is 333 g/mol. The minimum absolute atomic E-state index is 0.117. The van der Waals surface area contributed by atoms with E-state index in [1.807, 2.05) is 0 Å². The molecule has 2 aromatic rings. The van der Waals surface area contributed by atoms with Gasteiger partial charge >= 0.3 is 0 Å². The van der Waals surface area contributed by atoms with Crippen LogP contribution in [-0.2, 0) is 22.4 Å². The molecule has 0 aliphatic carbocycles. The minimum atomic E-state index is -3.61. The summed E-state index contributed by atoms with van der Waals surface area (Å²) in [6.45, 7) is 1.87. The van der Waals surface area contributed by atoms with Crippen molar-refractivity contribution in [3.8, 4) is 0 Å². The third kappa shape index (κ3) is 3.63. The number of hydrogen-bond donors (Lipinski definition) is 0. The number of rotatable bonds is 5. The molecule has 0 atom stereocenters. The fourth-order valence-corrected chi connectivity index (χ4v) is 4.84. The molecule has 0 aliphatic rings. The van der Waals surface area contributed by atoms with Gasteiger partial charge in [0.1, 0.15) is 5.82 Å². The molecule has 3 nitrogen and oxygen atoms in total. The molecule has 21 heavy (non-hydrogen) atoms. The third-order valence-corrected chi connectivity index (χ3v) is 6.59. The molecular formula is C14H15ClFNO2S2. The third-order valence-electron chi connectivity index (χ3n) is 3.04. The van der Waals surface area contributed by atoms with Crippen LogP contribution in [0, 0.1) is 12.7 Å². The highest BCUT2D eigenvalue weighted by Gasteiger charge is 2.25. The Hall–Kier alpha value is -0.950. The summed E-state index contributed by atoms with van der Waals surface area (Å²) in [7, 11) is -2.12. The second kappa shape index (κ2) is 6.44. The van der Waals surface area contributed by atoms with Crippen molar-refractivity contribution in [2.75, 3.05) is 7.05 Å². The average molecular weight is 348 g/mol. The van der Waals surface area contributed by atoms with E-state index in [0.717, 1.165) is 4.88 Å². The number of sulfonamides is 1. The van der Waals surface area contributed by atoms with E-state index >= 15 is 0 Å². The predicted molar refractivity (Wildman–Crippen MR) is 83.7 cm³/mol. The van der Waals surface area contributed by atoms with Gasteiger partial charge in [0, 0.05) is 23.3 Å². The van der Waals surface area contributed by atoms with Gasteiger partial charge in [0.05, 0.1) is 10.8 Å². The van der Waals surface area contributed by atoms with Gasteiger partial charge in [-0.05, 0) is 30.7 Å². The minimum Gasteiger partial charge on any atom is -0.207 e. The van der Waals surface area contributed by atoms with E-state index < -0.39 is 10.0 Å². The highest BCUT2D eigenvalue weighted by molar-refractivity contribution is 7.89. The van der Waals surface area contributed by atoms with Crippen molar-refractivity contribution in [3.05, 3.63) is 51.5 Å². The number of alkyl halides is 1. The molecule has 0 unspecified atom stereocenters. The van der Waals surface area contributed by atoms with E-state index in [2.05, 4.69) is 0 Å². The van der Waals surface area contributed by atoms with Gasteiger partial charge in [-0.25, -0.2) is 12.8 Å². The monoisotopic (exact) mass is 347 g/mol. The van der Waals surface area contributed by atoms with Crippen LogP contribution in [0.5, 0.6) is 0 Å². The van der Waals surface area contributed by atoms with Crippen LogP contribution in [0.25, 0.3) is 0 Å². The van der Waals surface area contributed by atoms with Gasteiger partial charge in [0.25, 0.3) is 0 Å². The van der Waals surface area contributed by atoms with Crippen LogP contribution in [0.2, 0.25) is 0 Å². The largest absolute Gasteiger partial charge is 0.244 e. The van der Waals surface area contributed by atoms with Crippen molar-refractivity contribution in [1.82, 2.24) is 4.31 Å². The molecule has 0 amide bonds. The molecule has 1 aromatic carbocycles. The quantitative estimate of drug-likeness (QED) is 0.772. The summed E-state index contributed by atoms with van der Waals surface area (Å²) >= 11 is 7.12. The highest BCUT2D eigenvalue weighted by atomic mass is 35.5. The van der Waals surface area contributed by atoms with E-state index in [4.69, 9.17) is 11.6 Å². The van der Waals surface area contributed by atoms with Crippen LogP contribution in [0.1, 0.15) is 15.3 Å². The van der Waals surface area contributed by atoms with Gasteiger partial charge in [-0.1, -0.05) is 12.1 Å². The van der Waals surface area contributed by atoms with E-state index in [-0.39, 0.29) is 23.1 Å². The van der Waals surface area contributed by atoms with E-state index in [1.54, 1.807) is 25.1 Å². The fourth-order valence-electron chi connectivity index (χ4n) is 1.99. The highest BCUT2D eigenvalue weighted by Crippen LogP contribution is 2.29. The zero-order valence-electron chi connectivity index (χ0n) is 11.6. The maximum Gasteiger partial charge on any atom is 0.244 e. The van der Waals surface area contributed by atoms with Gasteiger partial charge in [0.2, 0.25) is 10.0 Å². The van der Waals surface area contributed by atoms with Gasteiger partial charge < -0.3 is 0 Å². The van der Waals surface area contributed by atoms with Crippen LogP contribution in [0.15, 0.2) is 35.2 Å². The molecule has 0 fully saturated rings. The van der Waals surface area contributed by atoms with Crippen molar-refractivity contribution in [3.63, 3.8) is 0 Å². The number of halogens is 2. The van der Waals surface area contributed by atoms with Gasteiger partial charge in [-0.15, -0.1) is 22.9 Å². The maximum absolute atomic E-state index is 13.2. The molecule has 1 aromatic heterocycles. The second-order valence-corrected chi connectivity index (χ2v) is 8.28. The molecule has 7 heteroatoms. The summed E-state index contributed by atoms with van der Waals surface area (Å²) < 4.78 is 39.5. The summed E-state index contributed by atoms with van der Waals surface area (Å²) in [5, 5.41) is 0. The van der Waals surface area contributed by atoms with Crippen molar-refractivity contribution in [2.24, 2.45) is 0 Å². The maximum atomic E-state index is 13.2. The summed E-state index contributed by atoms with van der Waals surface area (Å²) in [6.07, 6.45) is 0. The zero-order chi connectivity index (χ0) is 15.6. The molecule has 0 radical (unpaired) electrons. The smallest absolute Gasteiger partial charge is 0.207 e. The lowest BCUT2D eigenvalue weighted by Crippen LogP contribution is -2.26. The summed E-state index contributed by atoms with van der Waals surface area (Å²) in [5.41, 5.74) is 0.603. The molecule has 0 aliphatic heterocycles. The van der Waals surface area contributed by atoms with Gasteiger partial charge in [-0.3, -0.25) is 0 Å². The van der Waals surface area contributed by atoms with Crippen LogP contribution >= 0.6 is 22.9 Å². The number of benzene rings is 1. The standard InChI is InChI=1S/C14H15ClFNO2S2/c1-10-14(7-13(8-15)20-10)21(18,19)17(2)9-11-4-3-5-12(16)6-11/h3-7H,8-9H2,1-2H3. The summed E-state index contributed by atoms with van der Waals surface area (Å²) in [4.78, 5) is 1.78. The first-order valence-corrected chi connectivity index (χ1v) is 8.99.